The van der Waals surface area contributed by atoms with Gasteiger partial charge in [-0.25, -0.2) is 8.42 Å². The quantitative estimate of drug-likeness (QED) is 0.744. The standard InChI is InChI=1S/C20H22ClN3O3S/c1-15-13-23(14-17-5-3-16(12-22)4-6-17)9-10-24(15)28(25,26)20-11-18(27-2)7-8-19(20)21/h3-8,11,15H,9-10,13-14H2,1-2H3/t15-/m0/s1. The lowest BCUT2D eigenvalue weighted by molar-refractivity contribution is 0.138. The maximum atomic E-state index is 13.2. The maximum absolute atomic E-state index is 13.2. The molecule has 2 aromatic rings. The van der Waals surface area contributed by atoms with E-state index in [1.165, 1.54) is 17.5 Å². The predicted octanol–water partition coefficient (Wildman–Crippen LogP) is 3.12. The molecule has 0 aromatic heterocycles. The average Bonchev–Trinajstić information content (AvgIpc) is 2.68. The zero-order valence-corrected chi connectivity index (χ0v) is 17.4. The highest BCUT2D eigenvalue weighted by Gasteiger charge is 2.35. The number of sulfonamides is 1. The molecule has 1 aliphatic heterocycles. The molecule has 0 radical (unpaired) electrons. The van der Waals surface area contributed by atoms with E-state index in [0.29, 0.717) is 37.5 Å². The lowest BCUT2D eigenvalue weighted by Gasteiger charge is -2.39. The molecule has 0 N–H and O–H groups in total. The third-order valence-electron chi connectivity index (χ3n) is 4.86. The Balaban J connectivity index is 1.73. The Morgan fingerprint density at radius 1 is 1.21 bits per heavy atom. The van der Waals surface area contributed by atoms with E-state index in [1.807, 2.05) is 19.1 Å². The van der Waals surface area contributed by atoms with Crippen LogP contribution in [0.4, 0.5) is 0 Å². The van der Waals surface area contributed by atoms with Crippen LogP contribution in [0.15, 0.2) is 47.4 Å². The number of hydrogen-bond acceptors (Lipinski definition) is 5. The maximum Gasteiger partial charge on any atom is 0.245 e. The first-order valence-corrected chi connectivity index (χ1v) is 10.7. The molecule has 0 aliphatic carbocycles. The summed E-state index contributed by atoms with van der Waals surface area (Å²) in [5.41, 5.74) is 1.72. The van der Waals surface area contributed by atoms with Crippen molar-refractivity contribution in [2.45, 2.75) is 24.4 Å². The van der Waals surface area contributed by atoms with Gasteiger partial charge < -0.3 is 4.74 Å². The van der Waals surface area contributed by atoms with Gasteiger partial charge in [-0.3, -0.25) is 4.90 Å². The van der Waals surface area contributed by atoms with Gasteiger partial charge in [0, 0.05) is 38.3 Å². The highest BCUT2D eigenvalue weighted by molar-refractivity contribution is 7.89. The van der Waals surface area contributed by atoms with Crippen LogP contribution < -0.4 is 4.74 Å². The molecule has 0 spiro atoms. The van der Waals surface area contributed by atoms with Crippen molar-refractivity contribution < 1.29 is 13.2 Å². The second-order valence-electron chi connectivity index (χ2n) is 6.80. The number of piperazine rings is 1. The Hall–Kier alpha value is -2.11. The molecule has 1 heterocycles. The van der Waals surface area contributed by atoms with Crippen molar-refractivity contribution in [3.8, 4) is 11.8 Å². The highest BCUT2D eigenvalue weighted by Crippen LogP contribution is 2.30. The van der Waals surface area contributed by atoms with Crippen molar-refractivity contribution in [2.75, 3.05) is 26.7 Å². The third-order valence-corrected chi connectivity index (χ3v) is 7.36. The summed E-state index contributed by atoms with van der Waals surface area (Å²) in [6, 6.07) is 14.0. The van der Waals surface area contributed by atoms with Crippen molar-refractivity contribution in [3.05, 3.63) is 58.6 Å². The Labute approximate surface area is 170 Å². The molecule has 0 amide bonds. The highest BCUT2D eigenvalue weighted by atomic mass is 35.5. The first-order chi connectivity index (χ1) is 13.3. The first-order valence-electron chi connectivity index (χ1n) is 8.92. The Bertz CT molecular complexity index is 987. The van der Waals surface area contributed by atoms with Crippen LogP contribution in [-0.4, -0.2) is 50.4 Å². The topological polar surface area (TPSA) is 73.6 Å². The van der Waals surface area contributed by atoms with Gasteiger partial charge in [0.1, 0.15) is 10.6 Å². The van der Waals surface area contributed by atoms with E-state index in [2.05, 4.69) is 11.0 Å². The van der Waals surface area contributed by atoms with Crippen LogP contribution in [0.5, 0.6) is 5.75 Å². The number of methoxy groups -OCH3 is 1. The fraction of sp³-hybridized carbons (Fsp3) is 0.350. The zero-order chi connectivity index (χ0) is 20.3. The molecule has 0 bridgehead atoms. The fourth-order valence-electron chi connectivity index (χ4n) is 3.39. The molecular formula is C20H22ClN3O3S. The Morgan fingerprint density at radius 3 is 2.54 bits per heavy atom. The van der Waals surface area contributed by atoms with E-state index in [1.54, 1.807) is 24.3 Å². The van der Waals surface area contributed by atoms with Crippen LogP contribution in [0.25, 0.3) is 0 Å². The van der Waals surface area contributed by atoms with Crippen LogP contribution >= 0.6 is 11.6 Å². The minimum Gasteiger partial charge on any atom is -0.497 e. The number of nitrogens with zero attached hydrogens (tertiary/aromatic N) is 3. The second kappa shape index (κ2) is 8.50. The largest absolute Gasteiger partial charge is 0.497 e. The number of benzene rings is 2. The summed E-state index contributed by atoms with van der Waals surface area (Å²) in [7, 11) is -2.23. The van der Waals surface area contributed by atoms with Crippen LogP contribution in [-0.2, 0) is 16.6 Å². The van der Waals surface area contributed by atoms with Crippen molar-refractivity contribution in [1.29, 1.82) is 5.26 Å². The van der Waals surface area contributed by atoms with Crippen LogP contribution in [0.3, 0.4) is 0 Å². The molecule has 2 aromatic carbocycles. The molecule has 1 aliphatic rings. The molecule has 1 atom stereocenters. The molecule has 148 valence electrons. The van der Waals surface area contributed by atoms with Gasteiger partial charge in [-0.15, -0.1) is 0 Å². The molecule has 0 unspecified atom stereocenters. The number of rotatable bonds is 5. The van der Waals surface area contributed by atoms with Crippen LogP contribution in [0.1, 0.15) is 18.1 Å². The van der Waals surface area contributed by atoms with Gasteiger partial charge in [0.2, 0.25) is 10.0 Å². The lowest BCUT2D eigenvalue weighted by Crippen LogP contribution is -2.53. The molecule has 6 nitrogen and oxygen atoms in total. The van der Waals surface area contributed by atoms with Crippen molar-refractivity contribution in [2.24, 2.45) is 0 Å². The Kier molecular flexibility index (Phi) is 6.26. The minimum absolute atomic E-state index is 0.0703. The number of ether oxygens (including phenoxy) is 1. The van der Waals surface area contributed by atoms with Crippen LogP contribution in [0.2, 0.25) is 5.02 Å². The average molecular weight is 420 g/mol. The fourth-order valence-corrected chi connectivity index (χ4v) is 5.50. The van der Waals surface area contributed by atoms with Crippen molar-refractivity contribution in [3.63, 3.8) is 0 Å². The smallest absolute Gasteiger partial charge is 0.245 e. The van der Waals surface area contributed by atoms with Gasteiger partial charge in [-0.1, -0.05) is 23.7 Å². The van der Waals surface area contributed by atoms with E-state index < -0.39 is 10.0 Å². The summed E-state index contributed by atoms with van der Waals surface area (Å²) in [4.78, 5) is 2.28. The molecule has 28 heavy (non-hydrogen) atoms. The summed E-state index contributed by atoms with van der Waals surface area (Å²) in [5.74, 6) is 0.454. The normalized spacial score (nSPS) is 18.6. The SMILES string of the molecule is COc1ccc(Cl)c(S(=O)(=O)N2CCN(Cc3ccc(C#N)cc3)C[C@@H]2C)c1. The van der Waals surface area contributed by atoms with Gasteiger partial charge in [0.25, 0.3) is 0 Å². The minimum atomic E-state index is -3.72. The van der Waals surface area contributed by atoms with Gasteiger partial charge in [0.15, 0.2) is 0 Å². The molecule has 0 saturated carbocycles. The van der Waals surface area contributed by atoms with Gasteiger partial charge in [-0.05, 0) is 36.8 Å². The van der Waals surface area contributed by atoms with E-state index in [-0.39, 0.29) is 16.0 Å². The third kappa shape index (κ3) is 4.31. The number of nitriles is 1. The summed E-state index contributed by atoms with van der Waals surface area (Å²) in [6.07, 6.45) is 0. The Morgan fingerprint density at radius 2 is 1.93 bits per heavy atom. The van der Waals surface area contributed by atoms with E-state index in [0.717, 1.165) is 5.56 Å². The first kappa shape index (κ1) is 20.6. The molecule has 3 rings (SSSR count). The van der Waals surface area contributed by atoms with Gasteiger partial charge >= 0.3 is 0 Å². The molecular weight excluding hydrogens is 398 g/mol. The zero-order valence-electron chi connectivity index (χ0n) is 15.8. The number of hydrogen-bond donors (Lipinski definition) is 0. The molecule has 1 saturated heterocycles. The summed E-state index contributed by atoms with van der Waals surface area (Å²) >= 11 is 6.17. The van der Waals surface area contributed by atoms with E-state index >= 15 is 0 Å². The van der Waals surface area contributed by atoms with Gasteiger partial charge in [0.05, 0.1) is 23.8 Å². The molecule has 8 heteroatoms. The van der Waals surface area contributed by atoms with Gasteiger partial charge in [-0.2, -0.15) is 9.57 Å². The van der Waals surface area contributed by atoms with E-state index in [4.69, 9.17) is 21.6 Å². The van der Waals surface area contributed by atoms with Crippen molar-refractivity contribution >= 4 is 21.6 Å². The summed E-state index contributed by atoms with van der Waals surface area (Å²) < 4.78 is 33.0. The number of halogens is 1. The lowest BCUT2D eigenvalue weighted by atomic mass is 10.1. The van der Waals surface area contributed by atoms with Crippen molar-refractivity contribution in [1.82, 2.24) is 9.21 Å². The monoisotopic (exact) mass is 419 g/mol. The summed E-state index contributed by atoms with van der Waals surface area (Å²) in [6.45, 7) is 4.22. The second-order valence-corrected chi connectivity index (χ2v) is 9.07. The predicted molar refractivity (Wildman–Crippen MR) is 108 cm³/mol. The summed E-state index contributed by atoms with van der Waals surface area (Å²) in [5, 5.41) is 9.08. The van der Waals surface area contributed by atoms with Crippen LogP contribution in [0, 0.1) is 11.3 Å². The van der Waals surface area contributed by atoms with E-state index in [9.17, 15) is 8.42 Å². The molecule has 1 fully saturated rings.